The molecule has 0 radical (unpaired) electrons. The maximum Gasteiger partial charge on any atom is 0.301 e. The first-order valence-electron chi connectivity index (χ1n) is 5.60. The molecule has 0 heterocycles. The van der Waals surface area contributed by atoms with Gasteiger partial charge in [0.15, 0.2) is 0 Å². The number of hydrogen-bond donors (Lipinski definition) is 1. The molecular formula is C12H17N3O2S. The molecule has 5 nitrogen and oxygen atoms in total. The largest absolute Gasteiger partial charge is 0.301 e. The van der Waals surface area contributed by atoms with E-state index in [9.17, 15) is 8.42 Å². The van der Waals surface area contributed by atoms with Gasteiger partial charge in [-0.05, 0) is 30.2 Å². The Morgan fingerprint density at radius 2 is 1.89 bits per heavy atom. The van der Waals surface area contributed by atoms with Crippen LogP contribution in [0.25, 0.3) is 0 Å². The van der Waals surface area contributed by atoms with E-state index < -0.39 is 10.2 Å². The van der Waals surface area contributed by atoms with Crippen molar-refractivity contribution in [2.45, 2.75) is 13.8 Å². The third-order valence-corrected chi connectivity index (χ3v) is 3.86. The Morgan fingerprint density at radius 1 is 1.33 bits per heavy atom. The van der Waals surface area contributed by atoms with Gasteiger partial charge in [-0.25, -0.2) is 0 Å². The van der Waals surface area contributed by atoms with Crippen LogP contribution in [0, 0.1) is 17.2 Å². The standard InChI is InChI=1S/C12H17N3O2S/c1-10(2)9-14-18(16,17)15(3)12-6-4-11(8-13)5-7-12/h4-7,10,14H,9H2,1-3H3. The Labute approximate surface area is 108 Å². The zero-order valence-corrected chi connectivity index (χ0v) is 11.5. The van der Waals surface area contributed by atoms with Gasteiger partial charge in [-0.2, -0.15) is 18.4 Å². The average Bonchev–Trinajstić information content (AvgIpc) is 2.36. The molecule has 0 atom stereocenters. The molecule has 0 spiro atoms. The van der Waals surface area contributed by atoms with Crippen LogP contribution in [-0.2, 0) is 10.2 Å². The van der Waals surface area contributed by atoms with E-state index in [2.05, 4.69) is 4.72 Å². The van der Waals surface area contributed by atoms with Crippen molar-refractivity contribution >= 4 is 15.9 Å². The van der Waals surface area contributed by atoms with Gasteiger partial charge in [-0.1, -0.05) is 13.8 Å². The monoisotopic (exact) mass is 267 g/mol. The first-order valence-corrected chi connectivity index (χ1v) is 7.04. The van der Waals surface area contributed by atoms with Crippen LogP contribution in [0.1, 0.15) is 19.4 Å². The van der Waals surface area contributed by atoms with E-state index in [0.717, 1.165) is 4.31 Å². The number of benzene rings is 1. The fourth-order valence-electron chi connectivity index (χ4n) is 1.25. The lowest BCUT2D eigenvalue weighted by Crippen LogP contribution is -2.39. The van der Waals surface area contributed by atoms with Crippen molar-refractivity contribution in [1.29, 1.82) is 5.26 Å². The van der Waals surface area contributed by atoms with Gasteiger partial charge < -0.3 is 0 Å². The molecule has 0 aliphatic carbocycles. The fraction of sp³-hybridized carbons (Fsp3) is 0.417. The number of nitriles is 1. The van der Waals surface area contributed by atoms with Gasteiger partial charge in [0.05, 0.1) is 17.3 Å². The topological polar surface area (TPSA) is 73.2 Å². The summed E-state index contributed by atoms with van der Waals surface area (Å²) in [5, 5.41) is 8.68. The van der Waals surface area contributed by atoms with E-state index in [4.69, 9.17) is 5.26 Å². The predicted molar refractivity (Wildman–Crippen MR) is 71.3 cm³/mol. The molecule has 0 bridgehead atoms. The van der Waals surface area contributed by atoms with Crippen molar-refractivity contribution in [3.05, 3.63) is 29.8 Å². The van der Waals surface area contributed by atoms with E-state index in [1.807, 2.05) is 19.9 Å². The fourth-order valence-corrected chi connectivity index (χ4v) is 2.39. The molecule has 6 heteroatoms. The Morgan fingerprint density at radius 3 is 2.33 bits per heavy atom. The normalized spacial score (nSPS) is 11.3. The van der Waals surface area contributed by atoms with Gasteiger partial charge in [0, 0.05) is 13.6 Å². The van der Waals surface area contributed by atoms with Crippen molar-refractivity contribution in [2.24, 2.45) is 5.92 Å². The van der Waals surface area contributed by atoms with Crippen LogP contribution in [0.15, 0.2) is 24.3 Å². The SMILES string of the molecule is CC(C)CNS(=O)(=O)N(C)c1ccc(C#N)cc1. The minimum atomic E-state index is -3.53. The number of anilines is 1. The van der Waals surface area contributed by atoms with Gasteiger partial charge >= 0.3 is 10.2 Å². The van der Waals surface area contributed by atoms with E-state index in [-0.39, 0.29) is 5.92 Å². The lowest BCUT2D eigenvalue weighted by molar-refractivity contribution is 0.558. The van der Waals surface area contributed by atoms with E-state index in [1.165, 1.54) is 7.05 Å². The quantitative estimate of drug-likeness (QED) is 0.878. The minimum absolute atomic E-state index is 0.245. The van der Waals surface area contributed by atoms with Gasteiger partial charge in [0.2, 0.25) is 0 Å². The number of nitrogens with one attached hydrogen (secondary N) is 1. The van der Waals surface area contributed by atoms with E-state index in [0.29, 0.717) is 17.8 Å². The molecule has 1 N–H and O–H groups in total. The maximum absolute atomic E-state index is 11.9. The van der Waals surface area contributed by atoms with Crippen molar-refractivity contribution < 1.29 is 8.42 Å². The van der Waals surface area contributed by atoms with Gasteiger partial charge in [-0.15, -0.1) is 0 Å². The van der Waals surface area contributed by atoms with Crippen LogP contribution in [0.4, 0.5) is 5.69 Å². The number of rotatable bonds is 5. The molecule has 0 fully saturated rings. The summed E-state index contributed by atoms with van der Waals surface area (Å²) in [6, 6.07) is 8.37. The summed E-state index contributed by atoms with van der Waals surface area (Å²) in [7, 11) is -2.05. The Bertz CT molecular complexity index is 529. The lowest BCUT2D eigenvalue weighted by Gasteiger charge is -2.20. The smallest absolute Gasteiger partial charge is 0.261 e. The van der Waals surface area contributed by atoms with Crippen LogP contribution in [0.5, 0.6) is 0 Å². The summed E-state index contributed by atoms with van der Waals surface area (Å²) < 4.78 is 27.6. The van der Waals surface area contributed by atoms with Gasteiger partial charge in [0.25, 0.3) is 0 Å². The first kappa shape index (κ1) is 14.5. The molecule has 98 valence electrons. The molecule has 18 heavy (non-hydrogen) atoms. The zero-order chi connectivity index (χ0) is 13.8. The summed E-state index contributed by atoms with van der Waals surface area (Å²) in [6.07, 6.45) is 0. The molecule has 1 aromatic rings. The Hall–Kier alpha value is -1.58. The summed E-state index contributed by atoms with van der Waals surface area (Å²) >= 11 is 0. The Balaban J connectivity index is 2.85. The highest BCUT2D eigenvalue weighted by molar-refractivity contribution is 7.90. The number of hydrogen-bond acceptors (Lipinski definition) is 3. The molecule has 0 aliphatic rings. The van der Waals surface area contributed by atoms with Crippen molar-refractivity contribution in [3.63, 3.8) is 0 Å². The molecule has 0 saturated carbocycles. The molecule has 0 aromatic heterocycles. The second-order valence-corrected chi connectivity index (χ2v) is 6.16. The van der Waals surface area contributed by atoms with E-state index >= 15 is 0 Å². The van der Waals surface area contributed by atoms with Crippen LogP contribution in [0.3, 0.4) is 0 Å². The number of nitrogens with zero attached hydrogens (tertiary/aromatic N) is 2. The third kappa shape index (κ3) is 3.72. The van der Waals surface area contributed by atoms with Crippen LogP contribution < -0.4 is 9.03 Å². The average molecular weight is 267 g/mol. The molecule has 0 saturated heterocycles. The maximum atomic E-state index is 11.9. The van der Waals surface area contributed by atoms with Crippen molar-refractivity contribution in [3.8, 4) is 6.07 Å². The molecule has 1 aromatic carbocycles. The highest BCUT2D eigenvalue weighted by Crippen LogP contribution is 2.15. The van der Waals surface area contributed by atoms with Crippen molar-refractivity contribution in [1.82, 2.24) is 4.72 Å². The van der Waals surface area contributed by atoms with E-state index in [1.54, 1.807) is 24.3 Å². The zero-order valence-electron chi connectivity index (χ0n) is 10.7. The summed E-state index contributed by atoms with van der Waals surface area (Å²) in [5.74, 6) is 0.245. The highest BCUT2D eigenvalue weighted by Gasteiger charge is 2.17. The Kier molecular flexibility index (Phi) is 4.70. The first-order chi connectivity index (χ1) is 8.36. The van der Waals surface area contributed by atoms with Gasteiger partial charge in [0.1, 0.15) is 0 Å². The summed E-state index contributed by atoms with van der Waals surface area (Å²) in [5.41, 5.74) is 1.02. The van der Waals surface area contributed by atoms with Crippen LogP contribution in [0.2, 0.25) is 0 Å². The molecule has 1 rings (SSSR count). The van der Waals surface area contributed by atoms with Crippen molar-refractivity contribution in [2.75, 3.05) is 17.9 Å². The molecule has 0 unspecified atom stereocenters. The minimum Gasteiger partial charge on any atom is -0.261 e. The second kappa shape index (κ2) is 5.85. The van der Waals surface area contributed by atoms with Gasteiger partial charge in [-0.3, -0.25) is 4.31 Å². The third-order valence-electron chi connectivity index (χ3n) is 2.39. The molecular weight excluding hydrogens is 250 g/mol. The molecule has 0 amide bonds. The summed E-state index contributed by atoms with van der Waals surface area (Å²) in [6.45, 7) is 4.26. The predicted octanol–water partition coefficient (Wildman–Crippen LogP) is 1.48. The summed E-state index contributed by atoms with van der Waals surface area (Å²) in [4.78, 5) is 0. The van der Waals surface area contributed by atoms with Crippen LogP contribution in [-0.4, -0.2) is 22.0 Å². The highest BCUT2D eigenvalue weighted by atomic mass is 32.2. The second-order valence-electron chi connectivity index (χ2n) is 4.37. The van der Waals surface area contributed by atoms with Crippen LogP contribution >= 0.6 is 0 Å². The molecule has 0 aliphatic heterocycles. The lowest BCUT2D eigenvalue weighted by atomic mass is 10.2.